The number of halogens is 2. The fourth-order valence-electron chi connectivity index (χ4n) is 4.63. The molecule has 0 fully saturated rings. The van der Waals surface area contributed by atoms with Gasteiger partial charge in [0.2, 0.25) is 0 Å². The molecule has 0 aliphatic carbocycles. The van der Waals surface area contributed by atoms with E-state index in [1.165, 1.54) is 22.2 Å². The molecule has 0 aromatic heterocycles. The van der Waals surface area contributed by atoms with Crippen molar-refractivity contribution >= 4 is 32.3 Å². The van der Waals surface area contributed by atoms with Crippen LogP contribution in [0.1, 0.15) is 0 Å². The van der Waals surface area contributed by atoms with Crippen LogP contribution in [-0.4, -0.2) is 0 Å². The summed E-state index contributed by atoms with van der Waals surface area (Å²) in [5.41, 5.74) is 2.55. The lowest BCUT2D eigenvalue weighted by Gasteiger charge is -2.17. The smallest absolute Gasteiger partial charge is 0.167 e. The highest BCUT2D eigenvalue weighted by Gasteiger charge is 2.19. The minimum Gasteiger partial charge on any atom is -0.204 e. The van der Waals surface area contributed by atoms with Gasteiger partial charge in [-0.25, -0.2) is 8.78 Å². The van der Waals surface area contributed by atoms with Crippen molar-refractivity contribution in [3.05, 3.63) is 109 Å². The molecule has 0 saturated carbocycles. The van der Waals surface area contributed by atoms with Crippen molar-refractivity contribution in [2.24, 2.45) is 0 Å². The molecule has 0 heterocycles. The van der Waals surface area contributed by atoms with Gasteiger partial charge in [0.25, 0.3) is 0 Å². The molecule has 0 radical (unpaired) electrons. The molecule has 0 bridgehead atoms. The predicted molar refractivity (Wildman–Crippen MR) is 121 cm³/mol. The van der Waals surface area contributed by atoms with E-state index in [0.717, 1.165) is 21.7 Å². The summed E-state index contributed by atoms with van der Waals surface area (Å²) in [7, 11) is 0. The summed E-state index contributed by atoms with van der Waals surface area (Å²) in [5.74, 6) is -1.65. The maximum absolute atomic E-state index is 15.1. The van der Waals surface area contributed by atoms with Crippen LogP contribution in [0.25, 0.3) is 54.6 Å². The van der Waals surface area contributed by atoms with Gasteiger partial charge in [-0.15, -0.1) is 0 Å². The van der Waals surface area contributed by atoms with Crippen LogP contribution in [0.2, 0.25) is 0 Å². The molecule has 0 N–H and O–H groups in total. The van der Waals surface area contributed by atoms with E-state index in [9.17, 15) is 4.39 Å². The van der Waals surface area contributed by atoms with Crippen molar-refractivity contribution in [1.82, 2.24) is 0 Å². The maximum atomic E-state index is 15.1. The largest absolute Gasteiger partial charge is 0.204 e. The Bertz CT molecular complexity index is 1530. The molecule has 6 rings (SSSR count). The summed E-state index contributed by atoms with van der Waals surface area (Å²) < 4.78 is 29.3. The Kier molecular flexibility index (Phi) is 3.63. The van der Waals surface area contributed by atoms with E-state index in [0.29, 0.717) is 16.7 Å². The Labute approximate surface area is 172 Å². The second kappa shape index (κ2) is 6.36. The zero-order valence-corrected chi connectivity index (χ0v) is 16.0. The van der Waals surface area contributed by atoms with Gasteiger partial charge in [0.1, 0.15) is 0 Å². The highest BCUT2D eigenvalue weighted by atomic mass is 19.2. The minimum atomic E-state index is -0.838. The number of benzene rings is 6. The molecule has 0 aliphatic heterocycles. The molecule has 0 atom stereocenters. The summed E-state index contributed by atoms with van der Waals surface area (Å²) in [5, 5.41) is 6.90. The first kappa shape index (κ1) is 17.1. The Hall–Kier alpha value is -3.78. The van der Waals surface area contributed by atoms with Crippen LogP contribution in [0.15, 0.2) is 97.1 Å². The third-order valence-corrected chi connectivity index (χ3v) is 5.98. The van der Waals surface area contributed by atoms with Gasteiger partial charge >= 0.3 is 0 Å². The normalized spacial score (nSPS) is 11.7. The van der Waals surface area contributed by atoms with E-state index in [1.807, 2.05) is 36.4 Å². The monoisotopic (exact) mass is 390 g/mol. The minimum absolute atomic E-state index is 0.297. The molecule has 142 valence electrons. The highest BCUT2D eigenvalue weighted by Crippen LogP contribution is 2.42. The third kappa shape index (κ3) is 2.37. The molecule has 30 heavy (non-hydrogen) atoms. The van der Waals surface area contributed by atoms with Gasteiger partial charge in [-0.2, -0.15) is 0 Å². The van der Waals surface area contributed by atoms with E-state index in [1.54, 1.807) is 6.07 Å². The van der Waals surface area contributed by atoms with Crippen molar-refractivity contribution < 1.29 is 8.78 Å². The van der Waals surface area contributed by atoms with Gasteiger partial charge in [-0.3, -0.25) is 0 Å². The standard InChI is InChI=1S/C28H16F2/c29-24-16-15-23(27(28(24)30)17-5-2-1-3-6-17)21-13-11-20-10-9-18-7-4-8-19-12-14-22(21)26(20)25(18)19/h1-16H. The van der Waals surface area contributed by atoms with Crippen LogP contribution >= 0.6 is 0 Å². The molecule has 2 heteroatoms. The third-order valence-electron chi connectivity index (χ3n) is 5.98. The lowest BCUT2D eigenvalue weighted by molar-refractivity contribution is 0.511. The van der Waals surface area contributed by atoms with Gasteiger partial charge in [-0.05, 0) is 55.1 Å². The number of rotatable bonds is 2. The Morgan fingerprint density at radius 1 is 0.467 bits per heavy atom. The van der Waals surface area contributed by atoms with E-state index in [-0.39, 0.29) is 0 Å². The molecule has 0 unspecified atom stereocenters. The second-order valence-electron chi connectivity index (χ2n) is 7.62. The number of hydrogen-bond donors (Lipinski definition) is 0. The molecule has 6 aromatic rings. The lowest BCUT2D eigenvalue weighted by Crippen LogP contribution is -1.95. The second-order valence-corrected chi connectivity index (χ2v) is 7.62. The summed E-state index contributed by atoms with van der Waals surface area (Å²) in [6, 6.07) is 30.9. The Balaban J connectivity index is 1.76. The quantitative estimate of drug-likeness (QED) is 0.261. The first-order valence-corrected chi connectivity index (χ1v) is 9.93. The molecular formula is C28H16F2. The SMILES string of the molecule is Fc1ccc(-c2ccc3ccc4cccc5ccc2c3c45)c(-c2ccccc2)c1F. The first-order valence-electron chi connectivity index (χ1n) is 9.93. The highest BCUT2D eigenvalue weighted by molar-refractivity contribution is 6.25. The average molecular weight is 390 g/mol. The van der Waals surface area contributed by atoms with E-state index >= 15 is 4.39 Å². The molecule has 0 amide bonds. The van der Waals surface area contributed by atoms with Crippen LogP contribution < -0.4 is 0 Å². The fraction of sp³-hybridized carbons (Fsp3) is 0. The van der Waals surface area contributed by atoms with Gasteiger partial charge in [0.15, 0.2) is 11.6 Å². The van der Waals surface area contributed by atoms with Crippen molar-refractivity contribution in [3.8, 4) is 22.3 Å². The maximum Gasteiger partial charge on any atom is 0.167 e. The molecule has 0 aliphatic rings. The molecule has 0 saturated heterocycles. The summed E-state index contributed by atoms with van der Waals surface area (Å²) in [6.45, 7) is 0. The van der Waals surface area contributed by atoms with Crippen LogP contribution in [0.3, 0.4) is 0 Å². The molecular weight excluding hydrogens is 374 g/mol. The van der Waals surface area contributed by atoms with Crippen molar-refractivity contribution in [2.75, 3.05) is 0 Å². The van der Waals surface area contributed by atoms with Crippen LogP contribution in [0.5, 0.6) is 0 Å². The zero-order chi connectivity index (χ0) is 20.2. The van der Waals surface area contributed by atoms with Crippen molar-refractivity contribution in [1.29, 1.82) is 0 Å². The van der Waals surface area contributed by atoms with Gasteiger partial charge in [0, 0.05) is 5.56 Å². The van der Waals surface area contributed by atoms with Crippen LogP contribution in [0.4, 0.5) is 8.78 Å². The van der Waals surface area contributed by atoms with Gasteiger partial charge in [-0.1, -0.05) is 91.0 Å². The molecule has 6 aromatic carbocycles. The first-order chi connectivity index (χ1) is 14.7. The van der Waals surface area contributed by atoms with E-state index in [4.69, 9.17) is 0 Å². The van der Waals surface area contributed by atoms with E-state index in [2.05, 4.69) is 48.5 Å². The fourth-order valence-corrected chi connectivity index (χ4v) is 4.63. The van der Waals surface area contributed by atoms with Crippen molar-refractivity contribution in [2.45, 2.75) is 0 Å². The summed E-state index contributed by atoms with van der Waals surface area (Å²) in [4.78, 5) is 0. The summed E-state index contributed by atoms with van der Waals surface area (Å²) in [6.07, 6.45) is 0. The van der Waals surface area contributed by atoms with Crippen LogP contribution in [-0.2, 0) is 0 Å². The molecule has 0 spiro atoms. The Morgan fingerprint density at radius 3 is 1.87 bits per heavy atom. The number of hydrogen-bond acceptors (Lipinski definition) is 0. The van der Waals surface area contributed by atoms with Gasteiger partial charge in [0.05, 0.1) is 0 Å². The predicted octanol–water partition coefficient (Wildman–Crippen LogP) is 8.20. The average Bonchev–Trinajstić information content (AvgIpc) is 2.80. The van der Waals surface area contributed by atoms with Crippen LogP contribution in [0, 0.1) is 11.6 Å². The Morgan fingerprint density at radius 2 is 1.10 bits per heavy atom. The zero-order valence-electron chi connectivity index (χ0n) is 16.0. The topological polar surface area (TPSA) is 0 Å². The van der Waals surface area contributed by atoms with E-state index < -0.39 is 11.6 Å². The van der Waals surface area contributed by atoms with Crippen molar-refractivity contribution in [3.63, 3.8) is 0 Å². The van der Waals surface area contributed by atoms with Gasteiger partial charge < -0.3 is 0 Å². The summed E-state index contributed by atoms with van der Waals surface area (Å²) >= 11 is 0. The molecule has 0 nitrogen and oxygen atoms in total. The lowest BCUT2D eigenvalue weighted by atomic mass is 9.87.